The molecule has 12 heteroatoms. The summed E-state index contributed by atoms with van der Waals surface area (Å²) in [4.78, 5) is 29.3. The molecule has 1 amide bonds. The maximum Gasteiger partial charge on any atom is 0.276 e. The number of amides is 1. The van der Waals surface area contributed by atoms with E-state index in [1.54, 1.807) is 30.2 Å². The summed E-state index contributed by atoms with van der Waals surface area (Å²) >= 11 is 0. The third kappa shape index (κ3) is 3.10. The van der Waals surface area contributed by atoms with Crippen LogP contribution in [-0.4, -0.2) is 80.3 Å². The smallest absolute Gasteiger partial charge is 0.276 e. The van der Waals surface area contributed by atoms with Gasteiger partial charge >= 0.3 is 0 Å². The molecule has 0 saturated carbocycles. The maximum absolute atomic E-state index is 12.9. The van der Waals surface area contributed by atoms with Crippen LogP contribution in [0.3, 0.4) is 0 Å². The Hall–Kier alpha value is -2.99. The maximum atomic E-state index is 12.9. The average molecular weight is 405 g/mol. The molecule has 0 aromatic carbocycles. The normalized spacial score (nSPS) is 16.0. The van der Waals surface area contributed by atoms with Crippen molar-refractivity contribution < 1.29 is 13.2 Å². The number of aromatic amines is 1. The second-order valence-corrected chi connectivity index (χ2v) is 8.61. The minimum atomic E-state index is -3.26. The van der Waals surface area contributed by atoms with Gasteiger partial charge in [0.25, 0.3) is 11.5 Å². The van der Waals surface area contributed by atoms with Gasteiger partial charge in [-0.05, 0) is 19.1 Å². The molecule has 1 N–H and O–H groups in total. The van der Waals surface area contributed by atoms with Gasteiger partial charge in [-0.2, -0.15) is 9.40 Å². The summed E-state index contributed by atoms with van der Waals surface area (Å²) < 4.78 is 27.4. The Morgan fingerprint density at radius 3 is 2.61 bits per heavy atom. The first kappa shape index (κ1) is 18.4. The van der Waals surface area contributed by atoms with Crippen LogP contribution in [0.5, 0.6) is 0 Å². The number of carbonyl (C=O) groups is 1. The van der Waals surface area contributed by atoms with E-state index in [1.807, 2.05) is 0 Å². The van der Waals surface area contributed by atoms with Crippen molar-refractivity contribution in [2.24, 2.45) is 0 Å². The van der Waals surface area contributed by atoms with Gasteiger partial charge < -0.3 is 4.90 Å². The van der Waals surface area contributed by atoms with Crippen LogP contribution in [0.2, 0.25) is 0 Å². The Bertz CT molecular complexity index is 1220. The monoisotopic (exact) mass is 405 g/mol. The summed E-state index contributed by atoms with van der Waals surface area (Å²) in [6.45, 7) is 2.85. The van der Waals surface area contributed by atoms with E-state index in [2.05, 4.69) is 15.2 Å². The van der Waals surface area contributed by atoms with Crippen molar-refractivity contribution >= 4 is 21.4 Å². The topological polar surface area (TPSA) is 126 Å². The molecular formula is C16H19N7O4S. The van der Waals surface area contributed by atoms with Crippen LogP contribution in [-0.2, 0) is 10.0 Å². The number of nitrogens with one attached hydrogen (secondary N) is 1. The van der Waals surface area contributed by atoms with Gasteiger partial charge in [-0.25, -0.2) is 17.6 Å². The molecule has 148 valence electrons. The summed E-state index contributed by atoms with van der Waals surface area (Å²) in [6.07, 6.45) is 4.24. The first-order valence-corrected chi connectivity index (χ1v) is 10.5. The number of nitrogens with zero attached hydrogens (tertiary/aromatic N) is 6. The van der Waals surface area contributed by atoms with E-state index in [4.69, 9.17) is 0 Å². The molecule has 0 spiro atoms. The van der Waals surface area contributed by atoms with E-state index in [-0.39, 0.29) is 30.5 Å². The Morgan fingerprint density at radius 2 is 1.93 bits per heavy atom. The Morgan fingerprint density at radius 1 is 1.21 bits per heavy atom. The predicted octanol–water partition coefficient (Wildman–Crippen LogP) is -0.766. The Balaban J connectivity index is 1.60. The zero-order chi connectivity index (χ0) is 20.1. The fourth-order valence-electron chi connectivity index (χ4n) is 3.25. The molecule has 0 bridgehead atoms. The fraction of sp³-hybridized carbons (Fsp3) is 0.375. The molecule has 11 nitrogen and oxygen atoms in total. The van der Waals surface area contributed by atoms with Gasteiger partial charge in [0.1, 0.15) is 5.52 Å². The molecule has 3 aromatic rings. The minimum Gasteiger partial charge on any atom is -0.336 e. The van der Waals surface area contributed by atoms with E-state index < -0.39 is 10.0 Å². The van der Waals surface area contributed by atoms with Crippen LogP contribution < -0.4 is 5.56 Å². The van der Waals surface area contributed by atoms with Crippen LogP contribution in [0.15, 0.2) is 29.3 Å². The van der Waals surface area contributed by atoms with E-state index in [9.17, 15) is 18.0 Å². The van der Waals surface area contributed by atoms with E-state index >= 15 is 0 Å². The molecule has 4 rings (SSSR count). The Kier molecular flexibility index (Phi) is 4.31. The zero-order valence-electron chi connectivity index (χ0n) is 15.4. The van der Waals surface area contributed by atoms with Crippen LogP contribution in [0.25, 0.3) is 11.5 Å². The van der Waals surface area contributed by atoms with Crippen LogP contribution in [0, 0.1) is 6.92 Å². The van der Waals surface area contributed by atoms with E-state index in [0.29, 0.717) is 29.9 Å². The van der Waals surface area contributed by atoms with Gasteiger partial charge in [0.2, 0.25) is 16.0 Å². The molecule has 3 aromatic heterocycles. The largest absolute Gasteiger partial charge is 0.336 e. The van der Waals surface area contributed by atoms with Crippen LogP contribution >= 0.6 is 0 Å². The summed E-state index contributed by atoms with van der Waals surface area (Å²) in [5.41, 5.74) is 1.01. The number of hydrogen-bond donors (Lipinski definition) is 1. The van der Waals surface area contributed by atoms with E-state index in [1.165, 1.54) is 19.7 Å². The number of aromatic nitrogens is 5. The molecule has 1 aliphatic rings. The molecule has 0 atom stereocenters. The van der Waals surface area contributed by atoms with Crippen molar-refractivity contribution in [1.82, 2.24) is 33.6 Å². The van der Waals surface area contributed by atoms with Crippen LogP contribution in [0.1, 0.15) is 16.1 Å². The van der Waals surface area contributed by atoms with Crippen molar-refractivity contribution in [1.29, 1.82) is 0 Å². The lowest BCUT2D eigenvalue weighted by Gasteiger charge is -2.33. The first-order chi connectivity index (χ1) is 13.3. The number of H-pyrrole nitrogens is 1. The van der Waals surface area contributed by atoms with Gasteiger partial charge in [0.05, 0.1) is 23.7 Å². The molecule has 1 aliphatic heterocycles. The second-order valence-electron chi connectivity index (χ2n) is 6.63. The standard InChI is InChI=1S/C16H19N7O4S/c1-11-12(15(25)20-6-8-21(9-7-20)28(2,26)27)10-17-23(11)16-18-14(24)13-4-3-5-22(13)19-16/h3-5,10H,6-9H2,1-2H3,(H,18,19,24). The lowest BCUT2D eigenvalue weighted by Crippen LogP contribution is -2.50. The van der Waals surface area contributed by atoms with Crippen molar-refractivity contribution in [3.8, 4) is 5.95 Å². The molecular weight excluding hydrogens is 386 g/mol. The SMILES string of the molecule is Cc1c(C(=O)N2CCN(S(C)(=O)=O)CC2)cnn1-c1nn2cccc2c(=O)[nH]1. The zero-order valence-corrected chi connectivity index (χ0v) is 16.2. The second kappa shape index (κ2) is 6.56. The van der Waals surface area contributed by atoms with Crippen molar-refractivity contribution in [2.75, 3.05) is 32.4 Å². The summed E-state index contributed by atoms with van der Waals surface area (Å²) in [7, 11) is -3.26. The van der Waals surface area contributed by atoms with Crippen molar-refractivity contribution in [3.63, 3.8) is 0 Å². The van der Waals surface area contributed by atoms with Crippen molar-refractivity contribution in [2.45, 2.75) is 6.92 Å². The summed E-state index contributed by atoms with van der Waals surface area (Å²) in [5, 5.41) is 8.52. The van der Waals surface area contributed by atoms with Gasteiger partial charge in [-0.15, -0.1) is 5.10 Å². The average Bonchev–Trinajstić information content (AvgIpc) is 3.27. The van der Waals surface area contributed by atoms with Crippen molar-refractivity contribution in [3.05, 3.63) is 46.1 Å². The fourth-order valence-corrected chi connectivity index (χ4v) is 4.08. The number of hydrogen-bond acceptors (Lipinski definition) is 6. The third-order valence-corrected chi connectivity index (χ3v) is 6.13. The quantitative estimate of drug-likeness (QED) is 0.610. The molecule has 28 heavy (non-hydrogen) atoms. The van der Waals surface area contributed by atoms with Gasteiger partial charge in [-0.1, -0.05) is 0 Å². The van der Waals surface area contributed by atoms with Gasteiger partial charge in [0, 0.05) is 32.4 Å². The lowest BCUT2D eigenvalue weighted by atomic mass is 10.2. The van der Waals surface area contributed by atoms with Crippen LogP contribution in [0.4, 0.5) is 0 Å². The van der Waals surface area contributed by atoms with Gasteiger partial charge in [0.15, 0.2) is 0 Å². The number of rotatable bonds is 3. The summed E-state index contributed by atoms with van der Waals surface area (Å²) in [5.74, 6) is -0.0339. The molecule has 0 radical (unpaired) electrons. The minimum absolute atomic E-state index is 0.201. The molecule has 0 unspecified atom stereocenters. The molecule has 0 aliphatic carbocycles. The Labute approximate surface area is 160 Å². The van der Waals surface area contributed by atoms with E-state index in [0.717, 1.165) is 6.26 Å². The lowest BCUT2D eigenvalue weighted by molar-refractivity contribution is 0.0697. The predicted molar refractivity (Wildman–Crippen MR) is 100.0 cm³/mol. The molecule has 1 saturated heterocycles. The number of piperazine rings is 1. The highest BCUT2D eigenvalue weighted by Gasteiger charge is 2.28. The molecule has 1 fully saturated rings. The summed E-state index contributed by atoms with van der Waals surface area (Å²) in [6, 6.07) is 3.36. The highest BCUT2D eigenvalue weighted by Crippen LogP contribution is 2.15. The highest BCUT2D eigenvalue weighted by atomic mass is 32.2. The first-order valence-electron chi connectivity index (χ1n) is 8.63. The third-order valence-electron chi connectivity index (χ3n) is 4.82. The molecule has 4 heterocycles. The number of fused-ring (bicyclic) bond motifs is 1. The number of carbonyl (C=O) groups excluding carboxylic acids is 1. The highest BCUT2D eigenvalue weighted by molar-refractivity contribution is 7.88. The van der Waals surface area contributed by atoms with Gasteiger partial charge in [-0.3, -0.25) is 14.6 Å². The number of sulfonamides is 1.